The minimum Gasteiger partial charge on any atom is -0.313 e. The zero-order valence-electron chi connectivity index (χ0n) is 10.5. The lowest BCUT2D eigenvalue weighted by Crippen LogP contribution is -2.18. The molecule has 96 valence electrons. The quantitative estimate of drug-likeness (QED) is 0.779. The molecule has 2 nitrogen and oxygen atoms in total. The largest absolute Gasteiger partial charge is 0.313 e. The minimum atomic E-state index is -0.197. The summed E-state index contributed by atoms with van der Waals surface area (Å²) in [6.45, 7) is 2.83. The van der Waals surface area contributed by atoms with E-state index in [1.807, 2.05) is 6.07 Å². The third kappa shape index (κ3) is 6.15. The molecule has 0 aromatic heterocycles. The van der Waals surface area contributed by atoms with Gasteiger partial charge in [0.15, 0.2) is 0 Å². The van der Waals surface area contributed by atoms with Crippen molar-refractivity contribution in [2.45, 2.75) is 19.4 Å². The SMILES string of the molecule is CN(C)CCCCNCc1ccc(Br)c(F)c1. The molecule has 1 aromatic carbocycles. The van der Waals surface area contributed by atoms with Crippen molar-refractivity contribution in [1.29, 1.82) is 0 Å². The van der Waals surface area contributed by atoms with Crippen LogP contribution in [0.5, 0.6) is 0 Å². The maximum atomic E-state index is 13.2. The van der Waals surface area contributed by atoms with Gasteiger partial charge in [-0.05, 0) is 73.7 Å². The molecule has 0 atom stereocenters. The molecule has 0 saturated carbocycles. The summed E-state index contributed by atoms with van der Waals surface area (Å²) >= 11 is 3.15. The van der Waals surface area contributed by atoms with Crippen LogP contribution in [0.2, 0.25) is 0 Å². The molecule has 0 aliphatic rings. The van der Waals surface area contributed by atoms with Gasteiger partial charge in [-0.1, -0.05) is 6.07 Å². The molecule has 4 heteroatoms. The average molecular weight is 303 g/mol. The van der Waals surface area contributed by atoms with Crippen molar-refractivity contribution < 1.29 is 4.39 Å². The van der Waals surface area contributed by atoms with Crippen LogP contribution >= 0.6 is 15.9 Å². The van der Waals surface area contributed by atoms with Crippen molar-refractivity contribution in [3.63, 3.8) is 0 Å². The smallest absolute Gasteiger partial charge is 0.137 e. The molecule has 0 aliphatic heterocycles. The predicted molar refractivity (Wildman–Crippen MR) is 73.6 cm³/mol. The number of unbranched alkanes of at least 4 members (excludes halogenated alkanes) is 1. The van der Waals surface area contributed by atoms with Gasteiger partial charge in [-0.25, -0.2) is 4.39 Å². The average Bonchev–Trinajstić information content (AvgIpc) is 2.27. The van der Waals surface area contributed by atoms with Gasteiger partial charge in [-0.15, -0.1) is 0 Å². The van der Waals surface area contributed by atoms with Crippen LogP contribution in [-0.4, -0.2) is 32.1 Å². The van der Waals surface area contributed by atoms with Gasteiger partial charge in [0.05, 0.1) is 4.47 Å². The molecule has 1 N–H and O–H groups in total. The first-order valence-electron chi connectivity index (χ1n) is 5.89. The van der Waals surface area contributed by atoms with Gasteiger partial charge in [0.2, 0.25) is 0 Å². The Hall–Kier alpha value is -0.450. The van der Waals surface area contributed by atoms with Gasteiger partial charge in [0.25, 0.3) is 0 Å². The van der Waals surface area contributed by atoms with Gasteiger partial charge in [-0.2, -0.15) is 0 Å². The lowest BCUT2D eigenvalue weighted by atomic mass is 10.2. The molecule has 0 spiro atoms. The third-order valence-electron chi connectivity index (χ3n) is 2.52. The number of rotatable bonds is 7. The van der Waals surface area contributed by atoms with E-state index in [9.17, 15) is 4.39 Å². The van der Waals surface area contributed by atoms with Crippen molar-refractivity contribution >= 4 is 15.9 Å². The molecule has 0 fully saturated rings. The van der Waals surface area contributed by atoms with Crippen LogP contribution in [-0.2, 0) is 6.54 Å². The highest BCUT2D eigenvalue weighted by molar-refractivity contribution is 9.10. The summed E-state index contributed by atoms with van der Waals surface area (Å²) in [5.74, 6) is -0.197. The predicted octanol–water partition coefficient (Wildman–Crippen LogP) is 3.02. The summed E-state index contributed by atoms with van der Waals surface area (Å²) in [5.41, 5.74) is 0.985. The second-order valence-corrected chi connectivity index (χ2v) is 5.29. The molecule has 0 heterocycles. The molecule has 0 bridgehead atoms. The van der Waals surface area contributed by atoms with Crippen LogP contribution in [0.4, 0.5) is 4.39 Å². The van der Waals surface area contributed by atoms with Gasteiger partial charge in [0.1, 0.15) is 5.82 Å². The summed E-state index contributed by atoms with van der Waals surface area (Å²) in [6, 6.07) is 5.25. The monoisotopic (exact) mass is 302 g/mol. The van der Waals surface area contributed by atoms with Crippen molar-refractivity contribution in [2.75, 3.05) is 27.2 Å². The van der Waals surface area contributed by atoms with Gasteiger partial charge >= 0.3 is 0 Å². The van der Waals surface area contributed by atoms with Gasteiger partial charge in [-0.3, -0.25) is 0 Å². The molecule has 0 aliphatic carbocycles. The Morgan fingerprint density at radius 3 is 2.71 bits per heavy atom. The highest BCUT2D eigenvalue weighted by Gasteiger charge is 2.00. The standard InChI is InChI=1S/C13H20BrFN2/c1-17(2)8-4-3-7-16-10-11-5-6-12(14)13(15)9-11/h5-6,9,16H,3-4,7-8,10H2,1-2H3. The number of halogens is 2. The van der Waals surface area contributed by atoms with Crippen molar-refractivity contribution in [3.8, 4) is 0 Å². The molecule has 1 aromatic rings. The highest BCUT2D eigenvalue weighted by atomic mass is 79.9. The highest BCUT2D eigenvalue weighted by Crippen LogP contribution is 2.16. The van der Waals surface area contributed by atoms with Gasteiger partial charge < -0.3 is 10.2 Å². The molecular weight excluding hydrogens is 283 g/mol. The lowest BCUT2D eigenvalue weighted by Gasteiger charge is -2.09. The zero-order valence-corrected chi connectivity index (χ0v) is 12.1. The second kappa shape index (κ2) is 7.80. The van der Waals surface area contributed by atoms with E-state index in [0.717, 1.165) is 31.6 Å². The summed E-state index contributed by atoms with van der Waals surface area (Å²) in [4.78, 5) is 2.18. The number of nitrogens with one attached hydrogen (secondary N) is 1. The third-order valence-corrected chi connectivity index (χ3v) is 3.17. The fraction of sp³-hybridized carbons (Fsp3) is 0.538. The van der Waals surface area contributed by atoms with Crippen molar-refractivity contribution in [3.05, 3.63) is 34.1 Å². The normalized spacial score (nSPS) is 11.1. The van der Waals surface area contributed by atoms with Crippen LogP contribution in [0.3, 0.4) is 0 Å². The van der Waals surface area contributed by atoms with Crippen LogP contribution in [0.25, 0.3) is 0 Å². The molecule has 0 radical (unpaired) electrons. The number of hydrogen-bond donors (Lipinski definition) is 1. The first kappa shape index (κ1) is 14.6. The summed E-state index contributed by atoms with van der Waals surface area (Å²) < 4.78 is 13.7. The number of benzene rings is 1. The Bertz CT molecular complexity index is 342. The van der Waals surface area contributed by atoms with Crippen LogP contribution in [0.15, 0.2) is 22.7 Å². The van der Waals surface area contributed by atoms with Crippen LogP contribution in [0, 0.1) is 5.82 Å². The van der Waals surface area contributed by atoms with Crippen molar-refractivity contribution in [1.82, 2.24) is 10.2 Å². The van der Waals surface area contributed by atoms with Crippen LogP contribution < -0.4 is 5.32 Å². The van der Waals surface area contributed by atoms with E-state index in [-0.39, 0.29) is 5.82 Å². The zero-order chi connectivity index (χ0) is 12.7. The van der Waals surface area contributed by atoms with E-state index in [4.69, 9.17) is 0 Å². The second-order valence-electron chi connectivity index (χ2n) is 4.44. The van der Waals surface area contributed by atoms with E-state index in [2.05, 4.69) is 40.2 Å². The summed E-state index contributed by atoms with van der Waals surface area (Å²) in [6.07, 6.45) is 2.34. The minimum absolute atomic E-state index is 0.197. The van der Waals surface area contributed by atoms with Gasteiger partial charge in [0, 0.05) is 6.54 Å². The summed E-state index contributed by atoms with van der Waals surface area (Å²) in [7, 11) is 4.16. The maximum Gasteiger partial charge on any atom is 0.137 e. The first-order valence-corrected chi connectivity index (χ1v) is 6.68. The molecule has 0 saturated heterocycles. The molecule has 0 amide bonds. The molecule has 0 unspecified atom stereocenters. The van der Waals surface area contributed by atoms with Crippen molar-refractivity contribution in [2.24, 2.45) is 0 Å². The Kier molecular flexibility index (Phi) is 6.70. The van der Waals surface area contributed by atoms with E-state index in [1.54, 1.807) is 12.1 Å². The van der Waals surface area contributed by atoms with E-state index in [1.165, 1.54) is 6.42 Å². The Balaban J connectivity index is 2.16. The molecular formula is C13H20BrFN2. The topological polar surface area (TPSA) is 15.3 Å². The molecule has 17 heavy (non-hydrogen) atoms. The summed E-state index contributed by atoms with van der Waals surface area (Å²) in [5, 5.41) is 3.32. The Morgan fingerprint density at radius 2 is 2.06 bits per heavy atom. The number of nitrogens with zero attached hydrogens (tertiary/aromatic N) is 1. The fourth-order valence-electron chi connectivity index (χ4n) is 1.56. The van der Waals surface area contributed by atoms with Crippen LogP contribution in [0.1, 0.15) is 18.4 Å². The Morgan fingerprint density at radius 1 is 1.29 bits per heavy atom. The maximum absolute atomic E-state index is 13.2. The van der Waals surface area contributed by atoms with E-state index < -0.39 is 0 Å². The molecule has 1 rings (SSSR count). The first-order chi connectivity index (χ1) is 8.09. The fourth-order valence-corrected chi connectivity index (χ4v) is 1.81. The lowest BCUT2D eigenvalue weighted by molar-refractivity contribution is 0.391. The Labute approximate surface area is 111 Å². The number of hydrogen-bond acceptors (Lipinski definition) is 2. The van der Waals surface area contributed by atoms with E-state index >= 15 is 0 Å². The van der Waals surface area contributed by atoms with E-state index in [0.29, 0.717) is 4.47 Å².